The van der Waals surface area contributed by atoms with Gasteiger partial charge in [-0.2, -0.15) is 0 Å². The molecule has 0 aliphatic heterocycles. The van der Waals surface area contributed by atoms with Crippen LogP contribution in [0.4, 0.5) is 5.13 Å². The summed E-state index contributed by atoms with van der Waals surface area (Å²) in [7, 11) is 0. The number of carbonyl (C=O) groups excluding carboxylic acids is 1. The number of benzene rings is 1. The van der Waals surface area contributed by atoms with Gasteiger partial charge in [-0.05, 0) is 25.1 Å². The number of amides is 1. The molecule has 0 fully saturated rings. The number of thioether (sulfide) groups is 1. The summed E-state index contributed by atoms with van der Waals surface area (Å²) in [5.74, 6) is -0.108. The topological polar surface area (TPSA) is 76.9 Å². The van der Waals surface area contributed by atoms with Crippen LogP contribution in [0.5, 0.6) is 0 Å². The van der Waals surface area contributed by atoms with Crippen molar-refractivity contribution in [3.63, 3.8) is 0 Å². The summed E-state index contributed by atoms with van der Waals surface area (Å²) in [5, 5.41) is 6.56. The lowest BCUT2D eigenvalue weighted by Gasteiger charge is -2.11. The summed E-state index contributed by atoms with van der Waals surface area (Å²) < 4.78 is 1.49. The highest BCUT2D eigenvalue weighted by molar-refractivity contribution is 7.99. The molecule has 0 saturated carbocycles. The fourth-order valence-corrected chi connectivity index (χ4v) is 3.95. The van der Waals surface area contributed by atoms with E-state index < -0.39 is 0 Å². The fraction of sp³-hybridized carbons (Fsp3) is 0.176. The number of rotatable bonds is 6. The van der Waals surface area contributed by atoms with E-state index in [4.69, 9.17) is 11.6 Å². The van der Waals surface area contributed by atoms with Crippen molar-refractivity contribution in [1.82, 2.24) is 14.5 Å². The molecule has 0 spiro atoms. The van der Waals surface area contributed by atoms with Crippen LogP contribution < -0.4 is 10.9 Å². The number of anilines is 1. The normalized spacial score (nSPS) is 10.8. The molecule has 0 aliphatic carbocycles. The van der Waals surface area contributed by atoms with E-state index >= 15 is 0 Å². The summed E-state index contributed by atoms with van der Waals surface area (Å²) in [4.78, 5) is 33.5. The van der Waals surface area contributed by atoms with E-state index in [0.717, 1.165) is 5.69 Å². The van der Waals surface area contributed by atoms with Crippen LogP contribution in [0.25, 0.3) is 10.9 Å². The summed E-state index contributed by atoms with van der Waals surface area (Å²) in [6.07, 6.45) is 1.62. The van der Waals surface area contributed by atoms with Gasteiger partial charge in [0, 0.05) is 16.9 Å². The van der Waals surface area contributed by atoms with Crippen molar-refractivity contribution >= 4 is 56.6 Å². The number of allylic oxidation sites excluding steroid dienone is 1. The first-order valence-corrected chi connectivity index (χ1v) is 9.88. The van der Waals surface area contributed by atoms with Crippen molar-refractivity contribution in [2.45, 2.75) is 18.6 Å². The quantitative estimate of drug-likeness (QED) is 0.383. The zero-order chi connectivity index (χ0) is 18.7. The Kier molecular flexibility index (Phi) is 5.75. The van der Waals surface area contributed by atoms with Gasteiger partial charge < -0.3 is 5.32 Å². The molecule has 2 heterocycles. The third kappa shape index (κ3) is 4.14. The van der Waals surface area contributed by atoms with Gasteiger partial charge in [-0.15, -0.1) is 17.9 Å². The second-order valence-corrected chi connectivity index (χ2v) is 7.63. The van der Waals surface area contributed by atoms with Gasteiger partial charge in [0.25, 0.3) is 5.56 Å². The van der Waals surface area contributed by atoms with Crippen LogP contribution in [0.3, 0.4) is 0 Å². The molecule has 26 heavy (non-hydrogen) atoms. The van der Waals surface area contributed by atoms with Crippen LogP contribution >= 0.6 is 34.7 Å². The molecule has 9 heteroatoms. The van der Waals surface area contributed by atoms with Crippen molar-refractivity contribution < 1.29 is 4.79 Å². The standard InChI is InChI=1S/C17H15ClN4O2S2/c1-3-6-22-15(24)12-5-4-11(18)7-13(12)20-17(22)26-9-14(23)21-16-19-10(2)8-25-16/h3-5,7-8H,1,6,9H2,2H3,(H,19,21,23). The molecule has 1 amide bonds. The Labute approximate surface area is 162 Å². The summed E-state index contributed by atoms with van der Waals surface area (Å²) >= 11 is 8.55. The van der Waals surface area contributed by atoms with E-state index in [1.54, 1.807) is 24.3 Å². The number of hydrogen-bond donors (Lipinski definition) is 1. The first-order valence-electron chi connectivity index (χ1n) is 7.63. The Balaban J connectivity index is 1.85. The van der Waals surface area contributed by atoms with Crippen LogP contribution in [0.2, 0.25) is 5.02 Å². The zero-order valence-corrected chi connectivity index (χ0v) is 16.2. The minimum absolute atomic E-state index is 0.105. The molecule has 134 valence electrons. The van der Waals surface area contributed by atoms with E-state index in [-0.39, 0.29) is 17.2 Å². The number of nitrogens with zero attached hydrogens (tertiary/aromatic N) is 3. The Morgan fingerprint density at radius 1 is 1.46 bits per heavy atom. The van der Waals surface area contributed by atoms with Gasteiger partial charge >= 0.3 is 0 Å². The smallest absolute Gasteiger partial charge is 0.262 e. The second-order valence-electron chi connectivity index (χ2n) is 5.39. The van der Waals surface area contributed by atoms with Crippen LogP contribution in [0.15, 0.2) is 46.2 Å². The van der Waals surface area contributed by atoms with Crippen LogP contribution in [-0.2, 0) is 11.3 Å². The predicted molar refractivity (Wildman–Crippen MR) is 107 cm³/mol. The Morgan fingerprint density at radius 2 is 2.27 bits per heavy atom. The van der Waals surface area contributed by atoms with E-state index in [0.29, 0.717) is 32.8 Å². The molecule has 3 aromatic rings. The summed E-state index contributed by atoms with van der Waals surface area (Å²) in [6, 6.07) is 4.94. The Hall–Kier alpha value is -2.16. The average molecular weight is 407 g/mol. The van der Waals surface area contributed by atoms with Crippen molar-refractivity contribution in [3.05, 3.63) is 57.3 Å². The minimum Gasteiger partial charge on any atom is -0.301 e. The van der Waals surface area contributed by atoms with E-state index in [2.05, 4.69) is 21.9 Å². The molecular weight excluding hydrogens is 392 g/mol. The Morgan fingerprint density at radius 3 is 2.96 bits per heavy atom. The molecule has 0 bridgehead atoms. The highest BCUT2D eigenvalue weighted by atomic mass is 35.5. The Bertz CT molecular complexity index is 1040. The number of thiazole rings is 1. The maximum atomic E-state index is 12.7. The monoisotopic (exact) mass is 406 g/mol. The number of carbonyl (C=O) groups is 1. The maximum absolute atomic E-state index is 12.7. The third-order valence-corrected chi connectivity index (χ3v) is 5.48. The van der Waals surface area contributed by atoms with Gasteiger partial charge in [-0.25, -0.2) is 9.97 Å². The highest BCUT2D eigenvalue weighted by Crippen LogP contribution is 2.21. The SMILES string of the molecule is C=CCn1c(SCC(=O)Nc2nc(C)cs2)nc2cc(Cl)ccc2c1=O. The molecule has 0 aliphatic rings. The van der Waals surface area contributed by atoms with Gasteiger partial charge in [0.1, 0.15) is 0 Å². The number of nitrogens with one attached hydrogen (secondary N) is 1. The molecule has 6 nitrogen and oxygen atoms in total. The molecule has 3 rings (SSSR count). The van der Waals surface area contributed by atoms with Crippen molar-refractivity contribution in [1.29, 1.82) is 0 Å². The number of aromatic nitrogens is 3. The zero-order valence-electron chi connectivity index (χ0n) is 13.9. The third-order valence-electron chi connectivity index (χ3n) is 3.39. The molecule has 0 atom stereocenters. The van der Waals surface area contributed by atoms with Gasteiger partial charge in [0.2, 0.25) is 5.91 Å². The molecule has 1 N–H and O–H groups in total. The van der Waals surface area contributed by atoms with Gasteiger partial charge in [-0.3, -0.25) is 14.2 Å². The molecule has 0 saturated heterocycles. The predicted octanol–water partition coefficient (Wildman–Crippen LogP) is 3.73. The maximum Gasteiger partial charge on any atom is 0.262 e. The average Bonchev–Trinajstić information content (AvgIpc) is 3.00. The first-order chi connectivity index (χ1) is 12.5. The van der Waals surface area contributed by atoms with Gasteiger partial charge in [0.05, 0.1) is 22.3 Å². The van der Waals surface area contributed by atoms with Crippen LogP contribution in [-0.4, -0.2) is 26.2 Å². The van der Waals surface area contributed by atoms with Crippen molar-refractivity contribution in [2.24, 2.45) is 0 Å². The molecule has 1 aromatic carbocycles. The molecule has 0 radical (unpaired) electrons. The number of fused-ring (bicyclic) bond motifs is 1. The first kappa shape index (κ1) is 18.6. The van der Waals surface area contributed by atoms with E-state index in [1.807, 2.05) is 12.3 Å². The highest BCUT2D eigenvalue weighted by Gasteiger charge is 2.13. The van der Waals surface area contributed by atoms with Crippen LogP contribution in [0, 0.1) is 6.92 Å². The van der Waals surface area contributed by atoms with Crippen molar-refractivity contribution in [3.8, 4) is 0 Å². The summed E-state index contributed by atoms with van der Waals surface area (Å²) in [5.41, 5.74) is 1.16. The van der Waals surface area contributed by atoms with Crippen LogP contribution in [0.1, 0.15) is 5.69 Å². The summed E-state index contributed by atoms with van der Waals surface area (Å²) in [6.45, 7) is 5.85. The molecular formula is C17H15ClN4O2S2. The second kappa shape index (κ2) is 8.03. The molecule has 2 aromatic heterocycles. The van der Waals surface area contributed by atoms with Gasteiger partial charge in [0.15, 0.2) is 10.3 Å². The number of aryl methyl sites for hydroxylation is 1. The lowest BCUT2D eigenvalue weighted by Crippen LogP contribution is -2.23. The van der Waals surface area contributed by atoms with E-state index in [9.17, 15) is 9.59 Å². The lowest BCUT2D eigenvalue weighted by atomic mass is 10.2. The number of hydrogen-bond acceptors (Lipinski definition) is 6. The fourth-order valence-electron chi connectivity index (χ4n) is 2.27. The van der Waals surface area contributed by atoms with Crippen molar-refractivity contribution in [2.75, 3.05) is 11.1 Å². The minimum atomic E-state index is -0.213. The van der Waals surface area contributed by atoms with Gasteiger partial charge in [-0.1, -0.05) is 29.4 Å². The largest absolute Gasteiger partial charge is 0.301 e. The van der Waals surface area contributed by atoms with E-state index in [1.165, 1.54) is 27.7 Å². The lowest BCUT2D eigenvalue weighted by molar-refractivity contribution is -0.113. The number of halogens is 1. The molecule has 0 unspecified atom stereocenters.